The highest BCUT2D eigenvalue weighted by molar-refractivity contribution is 7.71. The van der Waals surface area contributed by atoms with Gasteiger partial charge in [0.1, 0.15) is 5.52 Å². The first kappa shape index (κ1) is 12.4. The largest absolute Gasteiger partial charge is 0.328 e. The van der Waals surface area contributed by atoms with Gasteiger partial charge in [0.15, 0.2) is 10.4 Å². The molecule has 0 saturated heterocycles. The third kappa shape index (κ3) is 2.16. The number of nitro groups is 1. The Hall–Kier alpha value is -2.61. The summed E-state index contributed by atoms with van der Waals surface area (Å²) in [5, 5.41) is 11.3. The maximum Gasteiger partial charge on any atom is 0.296 e. The highest BCUT2D eigenvalue weighted by Crippen LogP contribution is 2.22. The molecule has 0 aliphatic heterocycles. The third-order valence-electron chi connectivity index (χ3n) is 2.86. The summed E-state index contributed by atoms with van der Waals surface area (Å²) < 4.78 is 0.406. The molecule has 20 heavy (non-hydrogen) atoms. The lowest BCUT2D eigenvalue weighted by atomic mass is 10.1. The number of aromatic amines is 2. The molecule has 0 bridgehead atoms. The number of imidazole rings is 1. The van der Waals surface area contributed by atoms with Crippen LogP contribution in [0.3, 0.4) is 0 Å². The number of nitrogens with zero attached hydrogens (tertiary/aromatic N) is 3. The topological polar surface area (TPSA) is 100 Å². The molecule has 0 amide bonds. The number of nitrogens with one attached hydrogen (secondary N) is 2. The van der Waals surface area contributed by atoms with E-state index in [1.54, 1.807) is 30.3 Å². The Morgan fingerprint density at radius 1 is 1.25 bits per heavy atom. The summed E-state index contributed by atoms with van der Waals surface area (Å²) in [6.45, 7) is 0. The Morgan fingerprint density at radius 3 is 2.70 bits per heavy atom. The van der Waals surface area contributed by atoms with Crippen LogP contribution in [0.4, 0.5) is 0 Å². The van der Waals surface area contributed by atoms with Crippen molar-refractivity contribution in [1.29, 1.82) is 0 Å². The van der Waals surface area contributed by atoms with Crippen molar-refractivity contribution in [2.45, 2.75) is 6.04 Å². The second kappa shape index (κ2) is 4.82. The smallest absolute Gasteiger partial charge is 0.296 e. The van der Waals surface area contributed by atoms with Gasteiger partial charge in [-0.25, -0.2) is 9.97 Å². The lowest BCUT2D eigenvalue weighted by Crippen LogP contribution is -2.15. The van der Waals surface area contributed by atoms with Gasteiger partial charge in [-0.3, -0.25) is 10.1 Å². The summed E-state index contributed by atoms with van der Waals surface area (Å²) in [5.41, 5.74) is 1.61. The van der Waals surface area contributed by atoms with E-state index in [1.165, 1.54) is 6.20 Å². The molecule has 100 valence electrons. The van der Waals surface area contributed by atoms with Gasteiger partial charge in [0, 0.05) is 10.5 Å². The fourth-order valence-corrected chi connectivity index (χ4v) is 2.18. The van der Waals surface area contributed by atoms with Crippen molar-refractivity contribution < 1.29 is 4.92 Å². The normalized spacial score (nSPS) is 12.4. The number of hydrogen-bond donors (Lipinski definition) is 2. The van der Waals surface area contributed by atoms with Gasteiger partial charge in [-0.2, -0.15) is 0 Å². The van der Waals surface area contributed by atoms with Crippen molar-refractivity contribution >= 4 is 23.4 Å². The number of rotatable bonds is 3. The van der Waals surface area contributed by atoms with Crippen molar-refractivity contribution in [1.82, 2.24) is 19.9 Å². The zero-order valence-corrected chi connectivity index (χ0v) is 10.9. The molecule has 7 nitrogen and oxygen atoms in total. The van der Waals surface area contributed by atoms with Gasteiger partial charge in [0.25, 0.3) is 6.04 Å². The number of hydrogen-bond acceptors (Lipinski definition) is 5. The van der Waals surface area contributed by atoms with Crippen molar-refractivity contribution in [2.75, 3.05) is 0 Å². The average Bonchev–Trinajstić information content (AvgIpc) is 2.79. The number of fused-ring (bicyclic) bond motifs is 1. The molecule has 1 atom stereocenters. The van der Waals surface area contributed by atoms with E-state index >= 15 is 0 Å². The molecule has 8 heteroatoms. The lowest BCUT2D eigenvalue weighted by Gasteiger charge is -2.07. The summed E-state index contributed by atoms with van der Waals surface area (Å²) in [7, 11) is 0. The maximum absolute atomic E-state index is 11.3. The summed E-state index contributed by atoms with van der Waals surface area (Å²) in [5.74, 6) is 0.124. The third-order valence-corrected chi connectivity index (χ3v) is 3.06. The van der Waals surface area contributed by atoms with Gasteiger partial charge in [0.2, 0.25) is 5.82 Å². The van der Waals surface area contributed by atoms with E-state index in [0.717, 1.165) is 0 Å². The van der Waals surface area contributed by atoms with Crippen LogP contribution in [0.5, 0.6) is 0 Å². The highest BCUT2D eigenvalue weighted by atomic mass is 32.1. The first-order valence-corrected chi connectivity index (χ1v) is 6.19. The van der Waals surface area contributed by atoms with Crippen LogP contribution in [-0.4, -0.2) is 24.9 Å². The predicted molar refractivity (Wildman–Crippen MR) is 74.4 cm³/mol. The zero-order valence-electron chi connectivity index (χ0n) is 10.1. The monoisotopic (exact) mass is 287 g/mol. The van der Waals surface area contributed by atoms with Crippen LogP contribution in [0.1, 0.15) is 17.4 Å². The minimum absolute atomic E-state index is 0.124. The summed E-state index contributed by atoms with van der Waals surface area (Å²) in [4.78, 5) is 24.9. The number of H-pyrrole nitrogens is 2. The minimum Gasteiger partial charge on any atom is -0.328 e. The van der Waals surface area contributed by atoms with E-state index in [1.807, 2.05) is 0 Å². The molecule has 0 aliphatic rings. The molecule has 0 spiro atoms. The number of benzene rings is 1. The molecule has 3 rings (SSSR count). The van der Waals surface area contributed by atoms with E-state index in [0.29, 0.717) is 21.5 Å². The molecule has 2 aromatic heterocycles. The molecule has 0 fully saturated rings. The maximum atomic E-state index is 11.3. The van der Waals surface area contributed by atoms with Crippen molar-refractivity contribution in [3.63, 3.8) is 0 Å². The summed E-state index contributed by atoms with van der Waals surface area (Å²) in [6, 6.07) is 7.55. The van der Waals surface area contributed by atoms with Crippen LogP contribution in [0.2, 0.25) is 0 Å². The minimum atomic E-state index is -1.10. The second-order valence-electron chi connectivity index (χ2n) is 4.17. The fraction of sp³-hybridized carbons (Fsp3) is 0.0833. The first-order chi connectivity index (χ1) is 9.65. The van der Waals surface area contributed by atoms with Crippen LogP contribution in [0, 0.1) is 14.9 Å². The van der Waals surface area contributed by atoms with Gasteiger partial charge in [-0.1, -0.05) is 30.3 Å². The van der Waals surface area contributed by atoms with Crippen LogP contribution in [-0.2, 0) is 0 Å². The Balaban J connectivity index is 2.14. The first-order valence-electron chi connectivity index (χ1n) is 5.78. The zero-order chi connectivity index (χ0) is 14.1. The van der Waals surface area contributed by atoms with Gasteiger partial charge < -0.3 is 9.97 Å². The molecule has 1 unspecified atom stereocenters. The summed E-state index contributed by atoms with van der Waals surface area (Å²) in [6.07, 6.45) is 1.49. The SMILES string of the molecule is O=[N+]([O-])C(c1ccccc1)c1ncc2[nH]c(=S)[nH]c2n1. The van der Waals surface area contributed by atoms with E-state index in [9.17, 15) is 10.1 Å². The molecule has 3 aromatic rings. The Kier molecular flexibility index (Phi) is 2.99. The molecule has 0 aliphatic carbocycles. The van der Waals surface area contributed by atoms with E-state index < -0.39 is 11.0 Å². The molecular formula is C12H9N5O2S. The van der Waals surface area contributed by atoms with Gasteiger partial charge in [-0.05, 0) is 12.2 Å². The summed E-state index contributed by atoms with van der Waals surface area (Å²) >= 11 is 4.95. The van der Waals surface area contributed by atoms with Gasteiger partial charge in [-0.15, -0.1) is 0 Å². The standard InChI is InChI=1S/C12H9N5O2S/c18-17(19)9(7-4-2-1-3-5-7)11-13-6-8-10(15-11)16-12(20)14-8/h1-6,9H,(H2,13,14,15,16,20). The van der Waals surface area contributed by atoms with Crippen molar-refractivity contribution in [2.24, 2.45) is 0 Å². The van der Waals surface area contributed by atoms with Crippen molar-refractivity contribution in [3.8, 4) is 0 Å². The van der Waals surface area contributed by atoms with Crippen LogP contribution < -0.4 is 0 Å². The molecule has 2 heterocycles. The van der Waals surface area contributed by atoms with Gasteiger partial charge in [0.05, 0.1) is 6.20 Å². The molecule has 0 radical (unpaired) electrons. The van der Waals surface area contributed by atoms with Crippen LogP contribution in [0.25, 0.3) is 11.2 Å². The fourth-order valence-electron chi connectivity index (χ4n) is 1.98. The van der Waals surface area contributed by atoms with Crippen LogP contribution in [0.15, 0.2) is 36.5 Å². The quantitative estimate of drug-likeness (QED) is 0.437. The number of aromatic nitrogens is 4. The predicted octanol–water partition coefficient (Wildman–Crippen LogP) is 2.38. The van der Waals surface area contributed by atoms with Gasteiger partial charge >= 0.3 is 0 Å². The van der Waals surface area contributed by atoms with Crippen LogP contribution >= 0.6 is 12.2 Å². The Labute approximate surface area is 117 Å². The van der Waals surface area contributed by atoms with E-state index in [-0.39, 0.29) is 5.82 Å². The Morgan fingerprint density at radius 2 is 2.00 bits per heavy atom. The molecule has 0 saturated carbocycles. The molecule has 2 N–H and O–H groups in total. The molecular weight excluding hydrogens is 278 g/mol. The van der Waals surface area contributed by atoms with E-state index in [2.05, 4.69) is 19.9 Å². The average molecular weight is 287 g/mol. The Bertz CT molecular complexity index is 826. The molecule has 1 aromatic carbocycles. The van der Waals surface area contributed by atoms with Crippen molar-refractivity contribution in [3.05, 3.63) is 62.8 Å². The lowest BCUT2D eigenvalue weighted by molar-refractivity contribution is -0.518. The second-order valence-corrected chi connectivity index (χ2v) is 4.58. The van der Waals surface area contributed by atoms with E-state index in [4.69, 9.17) is 12.2 Å². The highest BCUT2D eigenvalue weighted by Gasteiger charge is 2.28.